The lowest BCUT2D eigenvalue weighted by Gasteiger charge is -2.31. The summed E-state index contributed by atoms with van der Waals surface area (Å²) in [7, 11) is 0. The van der Waals surface area contributed by atoms with Crippen molar-refractivity contribution in [1.82, 2.24) is 9.97 Å². The highest BCUT2D eigenvalue weighted by Crippen LogP contribution is 2.33. The summed E-state index contributed by atoms with van der Waals surface area (Å²) in [5.74, 6) is 0.640. The first-order valence-corrected chi connectivity index (χ1v) is 6.97. The smallest absolute Gasteiger partial charge is 0.293 e. The van der Waals surface area contributed by atoms with E-state index in [-0.39, 0.29) is 16.6 Å². The average Bonchev–Trinajstić information content (AvgIpc) is 2.47. The Balaban J connectivity index is 2.14. The lowest BCUT2D eigenvalue weighted by Crippen LogP contribution is -2.33. The molecule has 1 aromatic heterocycles. The van der Waals surface area contributed by atoms with Gasteiger partial charge in [-0.2, -0.15) is 0 Å². The van der Waals surface area contributed by atoms with Gasteiger partial charge in [0.2, 0.25) is 0 Å². The zero-order valence-corrected chi connectivity index (χ0v) is 11.7. The molecule has 1 fully saturated rings. The van der Waals surface area contributed by atoms with E-state index in [9.17, 15) is 14.9 Å². The number of piperidine rings is 1. The Morgan fingerprint density at radius 1 is 1.38 bits per heavy atom. The van der Waals surface area contributed by atoms with Crippen molar-refractivity contribution in [2.45, 2.75) is 19.8 Å². The molecule has 110 valence electrons. The van der Waals surface area contributed by atoms with E-state index >= 15 is 0 Å². The number of aromatic amines is 1. The van der Waals surface area contributed by atoms with Crippen molar-refractivity contribution < 1.29 is 4.92 Å². The van der Waals surface area contributed by atoms with E-state index in [0.29, 0.717) is 17.1 Å². The first-order valence-electron chi connectivity index (χ1n) is 6.97. The zero-order valence-electron chi connectivity index (χ0n) is 11.7. The number of nitro benzene ring substituents is 1. The summed E-state index contributed by atoms with van der Waals surface area (Å²) in [6.07, 6.45) is 3.34. The van der Waals surface area contributed by atoms with Gasteiger partial charge in [-0.05, 0) is 24.8 Å². The van der Waals surface area contributed by atoms with E-state index in [4.69, 9.17) is 0 Å². The van der Waals surface area contributed by atoms with Crippen LogP contribution in [-0.4, -0.2) is 28.0 Å². The number of hydrogen-bond acceptors (Lipinski definition) is 5. The number of aromatic nitrogens is 2. The van der Waals surface area contributed by atoms with E-state index in [1.807, 2.05) is 4.90 Å². The number of nitro groups is 1. The molecule has 0 unspecified atom stereocenters. The molecule has 1 saturated heterocycles. The van der Waals surface area contributed by atoms with Crippen molar-refractivity contribution in [3.63, 3.8) is 0 Å². The van der Waals surface area contributed by atoms with Crippen LogP contribution in [0.1, 0.15) is 19.8 Å². The molecule has 7 heteroatoms. The number of nitrogens with one attached hydrogen (secondary N) is 1. The molecule has 1 aliphatic heterocycles. The van der Waals surface area contributed by atoms with Crippen LogP contribution in [0.5, 0.6) is 0 Å². The first kappa shape index (κ1) is 13.5. The van der Waals surface area contributed by atoms with Crippen LogP contribution < -0.4 is 10.5 Å². The molecule has 0 aliphatic carbocycles. The summed E-state index contributed by atoms with van der Waals surface area (Å²) < 4.78 is 0. The summed E-state index contributed by atoms with van der Waals surface area (Å²) in [6.45, 7) is 3.76. The second kappa shape index (κ2) is 5.16. The summed E-state index contributed by atoms with van der Waals surface area (Å²) in [6, 6.07) is 2.98. The van der Waals surface area contributed by atoms with Gasteiger partial charge in [-0.25, -0.2) is 4.98 Å². The van der Waals surface area contributed by atoms with Gasteiger partial charge in [0, 0.05) is 19.2 Å². The van der Waals surface area contributed by atoms with Gasteiger partial charge in [0.15, 0.2) is 0 Å². The minimum absolute atomic E-state index is 0.0319. The van der Waals surface area contributed by atoms with Gasteiger partial charge in [0.1, 0.15) is 5.69 Å². The fraction of sp³-hybridized carbons (Fsp3) is 0.429. The Labute approximate surface area is 120 Å². The van der Waals surface area contributed by atoms with E-state index in [0.717, 1.165) is 25.9 Å². The number of benzene rings is 1. The number of hydrogen-bond donors (Lipinski definition) is 1. The van der Waals surface area contributed by atoms with Crippen LogP contribution in [0.2, 0.25) is 0 Å². The Morgan fingerprint density at radius 3 is 2.76 bits per heavy atom. The number of anilines is 1. The predicted molar refractivity (Wildman–Crippen MR) is 79.6 cm³/mol. The van der Waals surface area contributed by atoms with E-state index < -0.39 is 4.92 Å². The maximum atomic E-state index is 11.8. The van der Waals surface area contributed by atoms with Crippen LogP contribution in [-0.2, 0) is 0 Å². The largest absolute Gasteiger partial charge is 0.366 e. The molecule has 3 rings (SSSR count). The third-order valence-electron chi connectivity index (χ3n) is 4.06. The van der Waals surface area contributed by atoms with Gasteiger partial charge < -0.3 is 9.88 Å². The Kier molecular flexibility index (Phi) is 3.32. The van der Waals surface area contributed by atoms with Crippen molar-refractivity contribution in [2.75, 3.05) is 18.0 Å². The standard InChI is InChI=1S/C14H16N4O3/c1-9-2-4-17(5-3-9)12-7-11-10(6-13(12)18(20)21)14(19)16-8-15-11/h6-9H,2-5H2,1H3,(H,15,16,19). The SMILES string of the molecule is CC1CCN(c2cc3nc[nH]c(=O)c3cc2[N+](=O)[O-])CC1. The molecule has 0 spiro atoms. The van der Waals surface area contributed by atoms with Crippen LogP contribution in [0.15, 0.2) is 23.3 Å². The van der Waals surface area contributed by atoms with Gasteiger partial charge in [0.05, 0.1) is 22.2 Å². The molecule has 0 atom stereocenters. The first-order chi connectivity index (χ1) is 10.1. The Morgan fingerprint density at radius 2 is 2.10 bits per heavy atom. The van der Waals surface area contributed by atoms with E-state index in [1.165, 1.54) is 12.4 Å². The number of H-pyrrole nitrogens is 1. The molecule has 1 aromatic carbocycles. The highest BCUT2D eigenvalue weighted by Gasteiger charge is 2.24. The topological polar surface area (TPSA) is 92.1 Å². The fourth-order valence-electron chi connectivity index (χ4n) is 2.74. The monoisotopic (exact) mass is 288 g/mol. The van der Waals surface area contributed by atoms with Crippen molar-refractivity contribution in [1.29, 1.82) is 0 Å². The summed E-state index contributed by atoms with van der Waals surface area (Å²) in [4.78, 5) is 31.2. The molecule has 2 aromatic rings. The highest BCUT2D eigenvalue weighted by atomic mass is 16.6. The van der Waals surface area contributed by atoms with Crippen molar-refractivity contribution in [3.05, 3.63) is 38.9 Å². The molecule has 0 saturated carbocycles. The molecule has 0 bridgehead atoms. The minimum atomic E-state index is -0.431. The van der Waals surface area contributed by atoms with Gasteiger partial charge in [-0.3, -0.25) is 14.9 Å². The van der Waals surface area contributed by atoms with Gasteiger partial charge in [0.25, 0.3) is 11.2 Å². The second-order valence-electron chi connectivity index (χ2n) is 5.52. The number of rotatable bonds is 2. The normalized spacial score (nSPS) is 16.3. The Hall–Kier alpha value is -2.44. The quantitative estimate of drug-likeness (QED) is 0.674. The maximum Gasteiger partial charge on any atom is 0.293 e. The van der Waals surface area contributed by atoms with Crippen LogP contribution in [0.4, 0.5) is 11.4 Å². The van der Waals surface area contributed by atoms with Crippen molar-refractivity contribution >= 4 is 22.3 Å². The lowest BCUT2D eigenvalue weighted by atomic mass is 9.98. The number of nitrogens with zero attached hydrogens (tertiary/aromatic N) is 3. The van der Waals surface area contributed by atoms with Crippen LogP contribution in [0, 0.1) is 16.0 Å². The van der Waals surface area contributed by atoms with Crippen molar-refractivity contribution in [3.8, 4) is 0 Å². The predicted octanol–water partition coefficient (Wildman–Crippen LogP) is 2.07. The fourth-order valence-corrected chi connectivity index (χ4v) is 2.74. The molecular weight excluding hydrogens is 272 g/mol. The molecule has 1 aliphatic rings. The summed E-state index contributed by atoms with van der Waals surface area (Å²) >= 11 is 0. The molecular formula is C14H16N4O3. The maximum absolute atomic E-state index is 11.8. The average molecular weight is 288 g/mol. The zero-order chi connectivity index (χ0) is 15.0. The van der Waals surface area contributed by atoms with E-state index in [2.05, 4.69) is 16.9 Å². The van der Waals surface area contributed by atoms with Crippen LogP contribution in [0.3, 0.4) is 0 Å². The van der Waals surface area contributed by atoms with Crippen LogP contribution >= 0.6 is 0 Å². The Bertz CT molecular complexity index is 747. The third kappa shape index (κ3) is 2.46. The minimum Gasteiger partial charge on any atom is -0.366 e. The highest BCUT2D eigenvalue weighted by molar-refractivity contribution is 5.87. The van der Waals surface area contributed by atoms with Crippen molar-refractivity contribution in [2.24, 2.45) is 5.92 Å². The lowest BCUT2D eigenvalue weighted by molar-refractivity contribution is -0.384. The molecule has 0 amide bonds. The molecule has 21 heavy (non-hydrogen) atoms. The molecule has 0 radical (unpaired) electrons. The van der Waals surface area contributed by atoms with Gasteiger partial charge >= 0.3 is 0 Å². The third-order valence-corrected chi connectivity index (χ3v) is 4.06. The van der Waals surface area contributed by atoms with Gasteiger partial charge in [-0.1, -0.05) is 6.92 Å². The summed E-state index contributed by atoms with van der Waals surface area (Å²) in [5.41, 5.74) is 0.646. The van der Waals surface area contributed by atoms with Crippen LogP contribution in [0.25, 0.3) is 10.9 Å². The number of fused-ring (bicyclic) bond motifs is 1. The molecule has 1 N–H and O–H groups in total. The molecule has 2 heterocycles. The van der Waals surface area contributed by atoms with E-state index in [1.54, 1.807) is 6.07 Å². The molecule has 7 nitrogen and oxygen atoms in total. The van der Waals surface area contributed by atoms with Gasteiger partial charge in [-0.15, -0.1) is 0 Å². The summed E-state index contributed by atoms with van der Waals surface area (Å²) in [5, 5.41) is 11.6. The second-order valence-corrected chi connectivity index (χ2v) is 5.52.